The highest BCUT2D eigenvalue weighted by Gasteiger charge is 2.29. The number of hydrogen-bond donors (Lipinski definition) is 0. The average molecular weight is 244 g/mol. The number of fused-ring (bicyclic) bond motifs is 1. The van der Waals surface area contributed by atoms with Crippen LogP contribution in [0.3, 0.4) is 0 Å². The zero-order valence-electron chi connectivity index (χ0n) is 11.1. The van der Waals surface area contributed by atoms with Crippen molar-refractivity contribution >= 4 is 11.5 Å². The number of rotatable bonds is 4. The van der Waals surface area contributed by atoms with Crippen LogP contribution in [0, 0.1) is 0 Å². The lowest BCUT2D eigenvalue weighted by Crippen LogP contribution is -2.26. The van der Waals surface area contributed by atoms with E-state index in [-0.39, 0.29) is 12.1 Å². The van der Waals surface area contributed by atoms with E-state index in [1.807, 2.05) is 24.3 Å². The van der Waals surface area contributed by atoms with Gasteiger partial charge in [-0.2, -0.15) is 0 Å². The largest absolute Gasteiger partial charge is 0.454 e. The van der Waals surface area contributed by atoms with Crippen molar-refractivity contribution in [1.82, 2.24) is 0 Å². The van der Waals surface area contributed by atoms with E-state index in [1.54, 1.807) is 0 Å². The molecule has 2 heteroatoms. The van der Waals surface area contributed by atoms with Gasteiger partial charge >= 0.3 is 5.97 Å². The van der Waals surface area contributed by atoms with Gasteiger partial charge in [0.1, 0.15) is 6.10 Å². The van der Waals surface area contributed by atoms with Gasteiger partial charge in [-0.1, -0.05) is 51.0 Å². The van der Waals surface area contributed by atoms with Crippen LogP contribution >= 0.6 is 0 Å². The summed E-state index contributed by atoms with van der Waals surface area (Å²) in [5.74, 6) is -0.183. The molecule has 0 amide bonds. The first-order valence-electron chi connectivity index (χ1n) is 6.78. The summed E-state index contributed by atoms with van der Waals surface area (Å²) in [6, 6.07) is 7.75. The Hall–Kier alpha value is -1.57. The first kappa shape index (κ1) is 12.9. The van der Waals surface area contributed by atoms with E-state index >= 15 is 0 Å². The van der Waals surface area contributed by atoms with Crippen molar-refractivity contribution in [2.24, 2.45) is 0 Å². The van der Waals surface area contributed by atoms with Crippen molar-refractivity contribution in [1.29, 1.82) is 0 Å². The van der Waals surface area contributed by atoms with Crippen LogP contribution in [-0.4, -0.2) is 12.1 Å². The Labute approximate surface area is 109 Å². The maximum Gasteiger partial charge on any atom is 0.339 e. The van der Waals surface area contributed by atoms with E-state index in [2.05, 4.69) is 19.9 Å². The van der Waals surface area contributed by atoms with Crippen LogP contribution in [-0.2, 0) is 4.74 Å². The molecule has 0 radical (unpaired) electrons. The topological polar surface area (TPSA) is 26.3 Å². The molecule has 0 saturated heterocycles. The summed E-state index contributed by atoms with van der Waals surface area (Å²) in [6.07, 6.45) is 6.22. The minimum absolute atomic E-state index is 0.0658. The lowest BCUT2D eigenvalue weighted by molar-refractivity contribution is 0.0375. The first-order chi connectivity index (χ1) is 8.77. The number of unbranched alkanes of at least 4 members (excludes halogenated alkanes) is 1. The number of cyclic esters (lactones) is 1. The van der Waals surface area contributed by atoms with Gasteiger partial charge in [-0.05, 0) is 30.0 Å². The van der Waals surface area contributed by atoms with Gasteiger partial charge in [-0.15, -0.1) is 0 Å². The fraction of sp³-hybridized carbons (Fsp3) is 0.438. The normalized spacial score (nSPS) is 20.7. The number of ether oxygens (including phenoxy) is 1. The molecule has 1 unspecified atom stereocenters. The Morgan fingerprint density at radius 3 is 2.56 bits per heavy atom. The van der Waals surface area contributed by atoms with Gasteiger partial charge in [-0.25, -0.2) is 4.79 Å². The summed E-state index contributed by atoms with van der Waals surface area (Å²) in [4.78, 5) is 11.9. The molecule has 0 fully saturated rings. The third-order valence-corrected chi connectivity index (χ3v) is 3.26. The molecule has 0 aliphatic carbocycles. The summed E-state index contributed by atoms with van der Waals surface area (Å²) in [5, 5.41) is 0. The Bertz CT molecular complexity index is 460. The van der Waals surface area contributed by atoms with Gasteiger partial charge in [0.15, 0.2) is 0 Å². The van der Waals surface area contributed by atoms with Gasteiger partial charge in [0, 0.05) is 0 Å². The van der Waals surface area contributed by atoms with Crippen molar-refractivity contribution in [2.45, 2.75) is 45.6 Å². The predicted molar refractivity (Wildman–Crippen MR) is 73.4 cm³/mol. The van der Waals surface area contributed by atoms with Crippen molar-refractivity contribution in [2.75, 3.05) is 0 Å². The zero-order valence-corrected chi connectivity index (χ0v) is 11.1. The molecule has 2 rings (SSSR count). The molecular formula is C16H20O2. The molecular weight excluding hydrogens is 224 g/mol. The second kappa shape index (κ2) is 5.85. The van der Waals surface area contributed by atoms with Crippen molar-refractivity contribution in [3.05, 3.63) is 41.5 Å². The second-order valence-corrected chi connectivity index (χ2v) is 4.68. The second-order valence-electron chi connectivity index (χ2n) is 4.68. The zero-order chi connectivity index (χ0) is 13.0. The van der Waals surface area contributed by atoms with E-state index < -0.39 is 0 Å². The number of carbonyl (C=O) groups excluding carboxylic acids is 1. The van der Waals surface area contributed by atoms with Gasteiger partial charge in [0.2, 0.25) is 0 Å². The van der Waals surface area contributed by atoms with Gasteiger partial charge in [0.05, 0.1) is 5.56 Å². The van der Waals surface area contributed by atoms with Crippen LogP contribution in [0.15, 0.2) is 30.3 Å². The molecule has 96 valence electrons. The molecule has 18 heavy (non-hydrogen) atoms. The minimum Gasteiger partial charge on any atom is -0.454 e. The predicted octanol–water partition coefficient (Wildman–Crippen LogP) is 4.21. The molecule has 1 aromatic rings. The molecule has 0 aromatic heterocycles. The first-order valence-corrected chi connectivity index (χ1v) is 6.78. The number of hydrogen-bond acceptors (Lipinski definition) is 2. The highest BCUT2D eigenvalue weighted by atomic mass is 16.5. The lowest BCUT2D eigenvalue weighted by Gasteiger charge is -2.27. The Balaban J connectivity index is 2.42. The SMILES string of the molecule is CCC/C=C1\c2ccccc2C(=O)OC1CCC. The van der Waals surface area contributed by atoms with E-state index in [0.29, 0.717) is 5.56 Å². The highest BCUT2D eigenvalue weighted by molar-refractivity contribution is 5.99. The molecule has 0 saturated carbocycles. The standard InChI is InChI=1S/C16H20O2/c1-3-5-9-13-12-10-6-7-11-14(12)16(17)18-15(13)8-4-2/h6-7,9-11,15H,3-5,8H2,1-2H3/b13-9+. The average Bonchev–Trinajstić information content (AvgIpc) is 2.39. The van der Waals surface area contributed by atoms with Crippen LogP contribution in [0.1, 0.15) is 55.5 Å². The summed E-state index contributed by atoms with van der Waals surface area (Å²) in [5.41, 5.74) is 2.95. The van der Waals surface area contributed by atoms with Crippen LogP contribution < -0.4 is 0 Å². The van der Waals surface area contributed by atoms with Crippen LogP contribution in [0.25, 0.3) is 5.57 Å². The Morgan fingerprint density at radius 1 is 1.17 bits per heavy atom. The minimum atomic E-state index is -0.183. The Morgan fingerprint density at radius 2 is 1.89 bits per heavy atom. The van der Waals surface area contributed by atoms with Crippen molar-refractivity contribution in [3.8, 4) is 0 Å². The van der Waals surface area contributed by atoms with Crippen molar-refractivity contribution < 1.29 is 9.53 Å². The quantitative estimate of drug-likeness (QED) is 0.742. The molecule has 0 spiro atoms. The van der Waals surface area contributed by atoms with Crippen LogP contribution in [0.4, 0.5) is 0 Å². The van der Waals surface area contributed by atoms with Gasteiger partial charge < -0.3 is 4.74 Å². The molecule has 1 aliphatic heterocycles. The van der Waals surface area contributed by atoms with E-state index in [0.717, 1.165) is 31.2 Å². The fourth-order valence-corrected chi connectivity index (χ4v) is 2.36. The number of allylic oxidation sites excluding steroid dienone is 1. The third kappa shape index (κ3) is 2.47. The van der Waals surface area contributed by atoms with Gasteiger partial charge in [0.25, 0.3) is 0 Å². The molecule has 2 nitrogen and oxygen atoms in total. The fourth-order valence-electron chi connectivity index (χ4n) is 2.36. The molecule has 0 N–H and O–H groups in total. The molecule has 1 atom stereocenters. The van der Waals surface area contributed by atoms with Crippen molar-refractivity contribution in [3.63, 3.8) is 0 Å². The Kier molecular flexibility index (Phi) is 4.19. The maximum absolute atomic E-state index is 11.9. The lowest BCUT2D eigenvalue weighted by atomic mass is 9.90. The highest BCUT2D eigenvalue weighted by Crippen LogP contribution is 2.33. The van der Waals surface area contributed by atoms with Crippen LogP contribution in [0.2, 0.25) is 0 Å². The van der Waals surface area contributed by atoms with E-state index in [9.17, 15) is 4.79 Å². The molecule has 1 heterocycles. The molecule has 1 aromatic carbocycles. The summed E-state index contributed by atoms with van der Waals surface area (Å²) < 4.78 is 5.56. The smallest absolute Gasteiger partial charge is 0.339 e. The summed E-state index contributed by atoms with van der Waals surface area (Å²) in [7, 11) is 0. The summed E-state index contributed by atoms with van der Waals surface area (Å²) in [6.45, 7) is 4.28. The third-order valence-electron chi connectivity index (χ3n) is 3.26. The van der Waals surface area contributed by atoms with E-state index in [1.165, 1.54) is 5.57 Å². The van der Waals surface area contributed by atoms with E-state index in [4.69, 9.17) is 4.74 Å². The van der Waals surface area contributed by atoms with Crippen LogP contribution in [0.5, 0.6) is 0 Å². The summed E-state index contributed by atoms with van der Waals surface area (Å²) >= 11 is 0. The molecule has 1 aliphatic rings. The monoisotopic (exact) mass is 244 g/mol. The number of benzene rings is 1. The van der Waals surface area contributed by atoms with Gasteiger partial charge in [-0.3, -0.25) is 0 Å². The number of esters is 1. The maximum atomic E-state index is 11.9. The molecule has 0 bridgehead atoms. The number of carbonyl (C=O) groups is 1.